The maximum absolute atomic E-state index is 10.2. The Labute approximate surface area is 115 Å². The van der Waals surface area contributed by atoms with Gasteiger partial charge < -0.3 is 10.4 Å². The lowest BCUT2D eigenvalue weighted by Gasteiger charge is -2.13. The highest BCUT2D eigenvalue weighted by Gasteiger charge is 2.07. The SMILES string of the molecule is CCCCCNC[C@@H](O)c1ccc2ccccc2c1. The van der Waals surface area contributed by atoms with Crippen LogP contribution >= 0.6 is 0 Å². The number of aliphatic hydroxyl groups is 1. The van der Waals surface area contributed by atoms with Crippen molar-refractivity contribution in [3.05, 3.63) is 48.0 Å². The van der Waals surface area contributed by atoms with Crippen LogP contribution in [0.2, 0.25) is 0 Å². The number of unbranched alkanes of at least 4 members (excludes halogenated alkanes) is 2. The second-order valence-electron chi connectivity index (χ2n) is 5.03. The lowest BCUT2D eigenvalue weighted by Crippen LogP contribution is -2.22. The number of hydrogen-bond acceptors (Lipinski definition) is 2. The van der Waals surface area contributed by atoms with Gasteiger partial charge in [-0.05, 0) is 35.4 Å². The minimum atomic E-state index is -0.425. The highest BCUT2D eigenvalue weighted by molar-refractivity contribution is 5.83. The first-order chi connectivity index (χ1) is 9.31. The summed E-state index contributed by atoms with van der Waals surface area (Å²) in [6, 6.07) is 14.4. The minimum absolute atomic E-state index is 0.425. The second-order valence-corrected chi connectivity index (χ2v) is 5.03. The Bertz CT molecular complexity index is 509. The molecular formula is C17H23NO. The maximum atomic E-state index is 10.2. The summed E-state index contributed by atoms with van der Waals surface area (Å²) in [6.07, 6.45) is 3.24. The third-order valence-corrected chi connectivity index (χ3v) is 3.45. The number of rotatable bonds is 7. The Morgan fingerprint density at radius 3 is 2.63 bits per heavy atom. The molecule has 2 aromatic carbocycles. The first kappa shape index (κ1) is 14.0. The Hall–Kier alpha value is -1.38. The van der Waals surface area contributed by atoms with E-state index in [1.54, 1.807) is 0 Å². The molecule has 0 heterocycles. The monoisotopic (exact) mass is 257 g/mol. The largest absolute Gasteiger partial charge is 0.387 e. The fraction of sp³-hybridized carbons (Fsp3) is 0.412. The Morgan fingerprint density at radius 1 is 1.05 bits per heavy atom. The molecule has 0 aliphatic heterocycles. The Balaban J connectivity index is 1.91. The van der Waals surface area contributed by atoms with Gasteiger partial charge in [0.15, 0.2) is 0 Å². The van der Waals surface area contributed by atoms with E-state index in [0.29, 0.717) is 6.54 Å². The molecule has 2 N–H and O–H groups in total. The zero-order valence-electron chi connectivity index (χ0n) is 11.6. The zero-order valence-corrected chi connectivity index (χ0v) is 11.6. The van der Waals surface area contributed by atoms with E-state index in [0.717, 1.165) is 12.1 Å². The number of hydrogen-bond donors (Lipinski definition) is 2. The van der Waals surface area contributed by atoms with Gasteiger partial charge in [-0.1, -0.05) is 56.2 Å². The number of benzene rings is 2. The van der Waals surface area contributed by atoms with E-state index in [2.05, 4.69) is 36.5 Å². The summed E-state index contributed by atoms with van der Waals surface area (Å²) in [6.45, 7) is 3.81. The molecule has 0 spiro atoms. The molecule has 0 aliphatic rings. The average Bonchev–Trinajstić information content (AvgIpc) is 2.46. The fourth-order valence-electron chi connectivity index (χ4n) is 2.27. The molecule has 1 atom stereocenters. The van der Waals surface area contributed by atoms with E-state index < -0.39 is 6.10 Å². The van der Waals surface area contributed by atoms with Gasteiger partial charge in [0.25, 0.3) is 0 Å². The van der Waals surface area contributed by atoms with Crippen molar-refractivity contribution in [2.24, 2.45) is 0 Å². The Morgan fingerprint density at radius 2 is 1.84 bits per heavy atom. The van der Waals surface area contributed by atoms with Gasteiger partial charge in [0.1, 0.15) is 0 Å². The van der Waals surface area contributed by atoms with Crippen LogP contribution in [0.15, 0.2) is 42.5 Å². The third-order valence-electron chi connectivity index (χ3n) is 3.45. The predicted octanol–water partition coefficient (Wildman–Crippen LogP) is 3.65. The summed E-state index contributed by atoms with van der Waals surface area (Å²) < 4.78 is 0. The summed E-state index contributed by atoms with van der Waals surface area (Å²) in [5.74, 6) is 0. The lowest BCUT2D eigenvalue weighted by molar-refractivity contribution is 0.175. The van der Waals surface area contributed by atoms with Crippen LogP contribution in [0.4, 0.5) is 0 Å². The van der Waals surface area contributed by atoms with Crippen molar-refractivity contribution in [3.63, 3.8) is 0 Å². The quantitative estimate of drug-likeness (QED) is 0.742. The van der Waals surface area contributed by atoms with Gasteiger partial charge in [-0.15, -0.1) is 0 Å². The van der Waals surface area contributed by atoms with E-state index in [1.165, 1.54) is 30.0 Å². The standard InChI is InChI=1S/C17H23NO/c1-2-3-6-11-18-13-17(19)16-10-9-14-7-4-5-8-15(14)12-16/h4-5,7-10,12,17-19H,2-3,6,11,13H2,1H3/t17-/m1/s1. The highest BCUT2D eigenvalue weighted by atomic mass is 16.3. The molecule has 0 fully saturated rings. The van der Waals surface area contributed by atoms with Crippen molar-refractivity contribution < 1.29 is 5.11 Å². The van der Waals surface area contributed by atoms with Gasteiger partial charge in [-0.2, -0.15) is 0 Å². The van der Waals surface area contributed by atoms with Crippen molar-refractivity contribution in [1.29, 1.82) is 0 Å². The summed E-state index contributed by atoms with van der Waals surface area (Å²) in [7, 11) is 0. The van der Waals surface area contributed by atoms with Crippen molar-refractivity contribution in [2.75, 3.05) is 13.1 Å². The molecule has 0 saturated carbocycles. The van der Waals surface area contributed by atoms with Crippen LogP contribution in [-0.4, -0.2) is 18.2 Å². The van der Waals surface area contributed by atoms with E-state index in [9.17, 15) is 5.11 Å². The normalized spacial score (nSPS) is 12.7. The van der Waals surface area contributed by atoms with E-state index in [4.69, 9.17) is 0 Å². The first-order valence-electron chi connectivity index (χ1n) is 7.18. The second kappa shape index (κ2) is 7.27. The summed E-state index contributed by atoms with van der Waals surface area (Å²) in [5.41, 5.74) is 0.988. The van der Waals surface area contributed by atoms with Crippen LogP contribution in [0.3, 0.4) is 0 Å². The molecule has 2 aromatic rings. The third kappa shape index (κ3) is 4.05. The summed E-state index contributed by atoms with van der Waals surface area (Å²) >= 11 is 0. The van der Waals surface area contributed by atoms with Gasteiger partial charge in [0.05, 0.1) is 6.10 Å². The predicted molar refractivity (Wildman–Crippen MR) is 81.3 cm³/mol. The van der Waals surface area contributed by atoms with Crippen molar-refractivity contribution >= 4 is 10.8 Å². The van der Waals surface area contributed by atoms with Crippen LogP contribution in [0.1, 0.15) is 37.9 Å². The van der Waals surface area contributed by atoms with Crippen LogP contribution in [0.5, 0.6) is 0 Å². The first-order valence-corrected chi connectivity index (χ1v) is 7.18. The van der Waals surface area contributed by atoms with E-state index >= 15 is 0 Å². The van der Waals surface area contributed by atoms with Crippen molar-refractivity contribution in [1.82, 2.24) is 5.32 Å². The molecule has 2 heteroatoms. The van der Waals surface area contributed by atoms with Crippen LogP contribution in [-0.2, 0) is 0 Å². The average molecular weight is 257 g/mol. The molecule has 0 aromatic heterocycles. The number of aliphatic hydroxyl groups excluding tert-OH is 1. The topological polar surface area (TPSA) is 32.3 Å². The number of fused-ring (bicyclic) bond motifs is 1. The lowest BCUT2D eigenvalue weighted by atomic mass is 10.0. The molecule has 19 heavy (non-hydrogen) atoms. The van der Waals surface area contributed by atoms with Gasteiger partial charge in [0, 0.05) is 6.54 Å². The highest BCUT2D eigenvalue weighted by Crippen LogP contribution is 2.19. The van der Waals surface area contributed by atoms with E-state index in [1.807, 2.05) is 18.2 Å². The zero-order chi connectivity index (χ0) is 13.5. The van der Waals surface area contributed by atoms with Gasteiger partial charge in [0.2, 0.25) is 0 Å². The molecule has 0 radical (unpaired) electrons. The molecule has 0 bridgehead atoms. The van der Waals surface area contributed by atoms with Gasteiger partial charge >= 0.3 is 0 Å². The van der Waals surface area contributed by atoms with Gasteiger partial charge in [-0.25, -0.2) is 0 Å². The van der Waals surface area contributed by atoms with Crippen LogP contribution in [0.25, 0.3) is 10.8 Å². The smallest absolute Gasteiger partial charge is 0.0914 e. The fourth-order valence-corrected chi connectivity index (χ4v) is 2.27. The molecule has 2 rings (SSSR count). The number of nitrogens with one attached hydrogen (secondary N) is 1. The molecule has 0 unspecified atom stereocenters. The summed E-state index contributed by atoms with van der Waals surface area (Å²) in [4.78, 5) is 0. The molecule has 0 saturated heterocycles. The van der Waals surface area contributed by atoms with Crippen LogP contribution < -0.4 is 5.32 Å². The van der Waals surface area contributed by atoms with Gasteiger partial charge in [-0.3, -0.25) is 0 Å². The van der Waals surface area contributed by atoms with E-state index in [-0.39, 0.29) is 0 Å². The Kier molecular flexibility index (Phi) is 5.37. The maximum Gasteiger partial charge on any atom is 0.0914 e. The molecular weight excluding hydrogens is 234 g/mol. The minimum Gasteiger partial charge on any atom is -0.387 e. The van der Waals surface area contributed by atoms with Crippen molar-refractivity contribution in [2.45, 2.75) is 32.3 Å². The molecule has 102 valence electrons. The molecule has 0 aliphatic carbocycles. The van der Waals surface area contributed by atoms with Crippen molar-refractivity contribution in [3.8, 4) is 0 Å². The molecule has 2 nitrogen and oxygen atoms in total. The summed E-state index contributed by atoms with van der Waals surface area (Å²) in [5, 5.41) is 15.9. The van der Waals surface area contributed by atoms with Crippen LogP contribution in [0, 0.1) is 0 Å². The molecule has 0 amide bonds.